The molecule has 3 heterocycles. The van der Waals surface area contributed by atoms with Crippen molar-refractivity contribution in [3.8, 4) is 0 Å². The standard InChI is InChI=1S/C26H38N6O2/c1-18(2)8-6-9-19(3)28-26(33)22-23-25(30-21-11-5-4-10-20(21)29-23)32(24(22)27)13-7-12-31-14-16-34-17-15-31/h4-5,10-11,18-19H,6-9,12-17,27H2,1-3H3,(H,28,33). The van der Waals surface area contributed by atoms with E-state index in [2.05, 4.69) is 31.0 Å². The molecule has 0 aliphatic carbocycles. The molecule has 0 spiro atoms. The Morgan fingerprint density at radius 1 is 1.06 bits per heavy atom. The summed E-state index contributed by atoms with van der Waals surface area (Å²) in [7, 11) is 0. The number of para-hydroxylation sites is 2. The number of carbonyl (C=O) groups excluding carboxylic acids is 1. The number of carbonyl (C=O) groups is 1. The van der Waals surface area contributed by atoms with Crippen LogP contribution in [0.15, 0.2) is 24.3 Å². The summed E-state index contributed by atoms with van der Waals surface area (Å²) in [6, 6.07) is 7.81. The largest absolute Gasteiger partial charge is 0.384 e. The summed E-state index contributed by atoms with van der Waals surface area (Å²) in [5, 5.41) is 3.15. The lowest BCUT2D eigenvalue weighted by molar-refractivity contribution is 0.0370. The van der Waals surface area contributed by atoms with Crippen molar-refractivity contribution in [1.29, 1.82) is 0 Å². The Hall–Kier alpha value is -2.71. The maximum atomic E-state index is 13.4. The van der Waals surface area contributed by atoms with E-state index in [0.717, 1.165) is 69.6 Å². The number of benzene rings is 1. The highest BCUT2D eigenvalue weighted by Crippen LogP contribution is 2.28. The zero-order chi connectivity index (χ0) is 24.1. The van der Waals surface area contributed by atoms with E-state index in [9.17, 15) is 4.79 Å². The molecule has 184 valence electrons. The summed E-state index contributed by atoms with van der Waals surface area (Å²) in [6.45, 7) is 11.6. The monoisotopic (exact) mass is 466 g/mol. The van der Waals surface area contributed by atoms with Crippen LogP contribution in [0.3, 0.4) is 0 Å². The van der Waals surface area contributed by atoms with Gasteiger partial charge in [-0.25, -0.2) is 9.97 Å². The number of fused-ring (bicyclic) bond motifs is 2. The number of amides is 1. The molecule has 1 atom stereocenters. The van der Waals surface area contributed by atoms with Gasteiger partial charge in [-0.3, -0.25) is 9.69 Å². The zero-order valence-electron chi connectivity index (χ0n) is 20.7. The Labute approximate surface area is 201 Å². The van der Waals surface area contributed by atoms with Gasteiger partial charge < -0.3 is 20.4 Å². The van der Waals surface area contributed by atoms with E-state index in [1.807, 2.05) is 28.8 Å². The summed E-state index contributed by atoms with van der Waals surface area (Å²) >= 11 is 0. The van der Waals surface area contributed by atoms with Gasteiger partial charge in [0.15, 0.2) is 5.65 Å². The van der Waals surface area contributed by atoms with Gasteiger partial charge in [0, 0.05) is 32.2 Å². The molecule has 8 heteroatoms. The van der Waals surface area contributed by atoms with Gasteiger partial charge >= 0.3 is 0 Å². The highest BCUT2D eigenvalue weighted by molar-refractivity contribution is 6.10. The minimum atomic E-state index is -0.170. The van der Waals surface area contributed by atoms with Crippen molar-refractivity contribution in [2.75, 3.05) is 38.6 Å². The summed E-state index contributed by atoms with van der Waals surface area (Å²) in [4.78, 5) is 25.4. The maximum absolute atomic E-state index is 13.4. The van der Waals surface area contributed by atoms with E-state index in [1.54, 1.807) is 0 Å². The molecule has 1 unspecified atom stereocenters. The Kier molecular flexibility index (Phi) is 8.00. The van der Waals surface area contributed by atoms with E-state index < -0.39 is 0 Å². The molecule has 1 aliphatic rings. The first-order chi connectivity index (χ1) is 16.4. The van der Waals surface area contributed by atoms with Crippen LogP contribution in [0.25, 0.3) is 22.2 Å². The third-order valence-electron chi connectivity index (χ3n) is 6.57. The maximum Gasteiger partial charge on any atom is 0.257 e. The average Bonchev–Trinajstić information content (AvgIpc) is 3.08. The molecule has 2 aromatic heterocycles. The number of nitrogens with zero attached hydrogens (tertiary/aromatic N) is 4. The lowest BCUT2D eigenvalue weighted by Crippen LogP contribution is -2.37. The first-order valence-corrected chi connectivity index (χ1v) is 12.6. The molecule has 0 radical (unpaired) electrons. The number of hydrogen-bond acceptors (Lipinski definition) is 6. The number of nitrogens with one attached hydrogen (secondary N) is 1. The van der Waals surface area contributed by atoms with E-state index in [-0.39, 0.29) is 11.9 Å². The number of nitrogens with two attached hydrogens (primary N) is 1. The molecule has 1 amide bonds. The minimum absolute atomic E-state index is 0.0683. The van der Waals surface area contributed by atoms with Crippen molar-refractivity contribution in [3.05, 3.63) is 29.8 Å². The van der Waals surface area contributed by atoms with Crippen molar-refractivity contribution in [2.24, 2.45) is 5.92 Å². The fourth-order valence-corrected chi connectivity index (χ4v) is 4.64. The van der Waals surface area contributed by atoms with Crippen LogP contribution >= 0.6 is 0 Å². The van der Waals surface area contributed by atoms with Crippen LogP contribution in [-0.4, -0.2) is 64.2 Å². The van der Waals surface area contributed by atoms with Crippen molar-refractivity contribution in [2.45, 2.75) is 59.0 Å². The number of aryl methyl sites for hydroxylation is 1. The lowest BCUT2D eigenvalue weighted by Gasteiger charge is -2.26. The Bertz CT molecular complexity index is 1120. The van der Waals surface area contributed by atoms with Crippen molar-refractivity contribution >= 4 is 33.9 Å². The molecule has 1 fully saturated rings. The fourth-order valence-electron chi connectivity index (χ4n) is 4.64. The average molecular weight is 467 g/mol. The van der Waals surface area contributed by atoms with Gasteiger partial charge in [-0.05, 0) is 37.8 Å². The van der Waals surface area contributed by atoms with E-state index >= 15 is 0 Å². The first kappa shape index (κ1) is 24.4. The van der Waals surface area contributed by atoms with Crippen LogP contribution in [-0.2, 0) is 11.3 Å². The molecule has 0 saturated carbocycles. The van der Waals surface area contributed by atoms with Crippen LogP contribution in [0.4, 0.5) is 5.82 Å². The summed E-state index contributed by atoms with van der Waals surface area (Å²) < 4.78 is 7.42. The molecular weight excluding hydrogens is 428 g/mol. The molecule has 34 heavy (non-hydrogen) atoms. The van der Waals surface area contributed by atoms with Crippen LogP contribution in [0.5, 0.6) is 0 Å². The van der Waals surface area contributed by atoms with E-state index in [0.29, 0.717) is 35.0 Å². The summed E-state index contributed by atoms with van der Waals surface area (Å²) in [6.07, 6.45) is 4.09. The predicted molar refractivity (Wildman–Crippen MR) is 137 cm³/mol. The van der Waals surface area contributed by atoms with Gasteiger partial charge in [0.1, 0.15) is 16.9 Å². The van der Waals surface area contributed by atoms with E-state index in [1.165, 1.54) is 0 Å². The lowest BCUT2D eigenvalue weighted by atomic mass is 10.0. The van der Waals surface area contributed by atoms with Gasteiger partial charge in [0.2, 0.25) is 0 Å². The Morgan fingerprint density at radius 3 is 2.47 bits per heavy atom. The van der Waals surface area contributed by atoms with Crippen molar-refractivity contribution in [1.82, 2.24) is 24.8 Å². The second kappa shape index (κ2) is 11.1. The second-order valence-electron chi connectivity index (χ2n) is 9.80. The van der Waals surface area contributed by atoms with Crippen LogP contribution < -0.4 is 11.1 Å². The molecule has 1 aliphatic heterocycles. The topological polar surface area (TPSA) is 98.3 Å². The van der Waals surface area contributed by atoms with Gasteiger partial charge in [0.05, 0.1) is 24.2 Å². The predicted octanol–water partition coefficient (Wildman–Crippen LogP) is 3.83. The smallest absolute Gasteiger partial charge is 0.257 e. The molecule has 1 saturated heterocycles. The van der Waals surface area contributed by atoms with Crippen LogP contribution in [0.2, 0.25) is 0 Å². The summed E-state index contributed by atoms with van der Waals surface area (Å²) in [5.74, 6) is 0.938. The van der Waals surface area contributed by atoms with E-state index in [4.69, 9.17) is 20.4 Å². The summed E-state index contributed by atoms with van der Waals surface area (Å²) in [5.41, 5.74) is 9.86. The molecule has 8 nitrogen and oxygen atoms in total. The quantitative estimate of drug-likeness (QED) is 0.471. The number of morpholine rings is 1. The van der Waals surface area contributed by atoms with Gasteiger partial charge in [-0.1, -0.05) is 38.8 Å². The first-order valence-electron chi connectivity index (χ1n) is 12.6. The third kappa shape index (κ3) is 5.67. The Morgan fingerprint density at radius 2 is 1.76 bits per heavy atom. The van der Waals surface area contributed by atoms with Gasteiger partial charge in [0.25, 0.3) is 5.91 Å². The molecule has 3 aromatic rings. The normalized spacial score (nSPS) is 15.9. The number of aromatic nitrogens is 3. The van der Waals surface area contributed by atoms with Gasteiger partial charge in [-0.2, -0.15) is 0 Å². The fraction of sp³-hybridized carbons (Fsp3) is 0.577. The van der Waals surface area contributed by atoms with Crippen LogP contribution in [0, 0.1) is 5.92 Å². The van der Waals surface area contributed by atoms with Crippen LogP contribution in [0.1, 0.15) is 56.8 Å². The highest BCUT2D eigenvalue weighted by atomic mass is 16.5. The Balaban J connectivity index is 1.59. The van der Waals surface area contributed by atoms with Gasteiger partial charge in [-0.15, -0.1) is 0 Å². The number of nitrogen functional groups attached to an aromatic ring is 1. The molecule has 1 aromatic carbocycles. The molecule has 4 rings (SSSR count). The number of ether oxygens (including phenoxy) is 1. The minimum Gasteiger partial charge on any atom is -0.384 e. The number of anilines is 1. The number of hydrogen-bond donors (Lipinski definition) is 2. The highest BCUT2D eigenvalue weighted by Gasteiger charge is 2.25. The second-order valence-corrected chi connectivity index (χ2v) is 9.80. The SMILES string of the molecule is CC(C)CCCC(C)NC(=O)c1c(N)n(CCCN2CCOCC2)c2nc3ccccc3nc12. The molecular formula is C26H38N6O2. The van der Waals surface area contributed by atoms with Crippen molar-refractivity contribution in [3.63, 3.8) is 0 Å². The molecule has 0 bridgehead atoms. The zero-order valence-corrected chi connectivity index (χ0v) is 20.7. The van der Waals surface area contributed by atoms with Crippen molar-refractivity contribution < 1.29 is 9.53 Å². The molecule has 3 N–H and O–H groups in total. The third-order valence-corrected chi connectivity index (χ3v) is 6.57. The number of rotatable bonds is 10.